The lowest BCUT2D eigenvalue weighted by Crippen LogP contribution is -2.42. The van der Waals surface area contributed by atoms with E-state index in [1.807, 2.05) is 17.1 Å². The lowest BCUT2D eigenvalue weighted by molar-refractivity contribution is 0.492. The van der Waals surface area contributed by atoms with Gasteiger partial charge in [0.05, 0.1) is 0 Å². The number of hydrogen-bond acceptors (Lipinski definition) is 1. The summed E-state index contributed by atoms with van der Waals surface area (Å²) in [6.45, 7) is 13.0. The second kappa shape index (κ2) is 6.66. The quantitative estimate of drug-likeness (QED) is 0.537. The number of rotatable bonds is 5. The van der Waals surface area contributed by atoms with E-state index in [0.29, 0.717) is 6.04 Å². The van der Waals surface area contributed by atoms with Gasteiger partial charge < -0.3 is 10.2 Å². The van der Waals surface area contributed by atoms with Gasteiger partial charge in [-0.3, -0.25) is 0 Å². The van der Waals surface area contributed by atoms with Crippen molar-refractivity contribution in [3.8, 4) is 0 Å². The van der Waals surface area contributed by atoms with Crippen molar-refractivity contribution >= 4 is 17.3 Å². The largest absolute Gasteiger partial charge is 0.360 e. The third kappa shape index (κ3) is 5.42. The topological polar surface area (TPSA) is 15.3 Å². The molecule has 0 saturated heterocycles. The van der Waals surface area contributed by atoms with E-state index in [-0.39, 0.29) is 0 Å². The fraction of sp³-hybridized carbons (Fsp3) is 0.500. The molecule has 0 aliphatic carbocycles. The average Bonchev–Trinajstić information content (AvgIpc) is 2.02. The summed E-state index contributed by atoms with van der Waals surface area (Å²) in [6.07, 6.45) is 3.66. The highest BCUT2D eigenvalue weighted by Gasteiger charge is 2.06. The highest BCUT2D eigenvalue weighted by molar-refractivity contribution is 7.80. The second-order valence-electron chi connectivity index (χ2n) is 3.09. The Balaban J connectivity index is 4.09. The van der Waals surface area contributed by atoms with Crippen LogP contribution < -0.4 is 5.32 Å². The Morgan fingerprint density at radius 2 is 1.85 bits per heavy atom. The molecule has 1 N–H and O–H groups in total. The first kappa shape index (κ1) is 12.2. The van der Waals surface area contributed by atoms with Crippen molar-refractivity contribution in [3.63, 3.8) is 0 Å². The molecule has 0 aromatic heterocycles. The molecule has 0 aromatic carbocycles. The minimum absolute atomic E-state index is 0.365. The summed E-state index contributed by atoms with van der Waals surface area (Å²) in [7, 11) is 0. The zero-order valence-corrected chi connectivity index (χ0v) is 9.23. The van der Waals surface area contributed by atoms with Gasteiger partial charge >= 0.3 is 0 Å². The van der Waals surface area contributed by atoms with Gasteiger partial charge in [0.25, 0.3) is 0 Å². The molecule has 0 fully saturated rings. The summed E-state index contributed by atoms with van der Waals surface area (Å²) in [5.74, 6) is 0. The molecule has 0 amide bonds. The lowest BCUT2D eigenvalue weighted by atomic mass is 10.4. The Kier molecular flexibility index (Phi) is 6.24. The van der Waals surface area contributed by atoms with E-state index in [2.05, 4.69) is 32.3 Å². The standard InChI is InChI=1S/C10H18N2S/c1-5-7-12(8-6-2)10(13)11-9(3)4/h5-6,9H,1-2,7-8H2,3-4H3,(H,11,13). The minimum atomic E-state index is 0.365. The van der Waals surface area contributed by atoms with Crippen molar-refractivity contribution < 1.29 is 0 Å². The molecule has 0 atom stereocenters. The molecule has 0 heterocycles. The van der Waals surface area contributed by atoms with Gasteiger partial charge in [-0.1, -0.05) is 12.2 Å². The maximum absolute atomic E-state index is 5.20. The molecule has 0 rings (SSSR count). The summed E-state index contributed by atoms with van der Waals surface area (Å²) < 4.78 is 0. The summed E-state index contributed by atoms with van der Waals surface area (Å²) in [5, 5.41) is 3.93. The first-order valence-electron chi connectivity index (χ1n) is 4.39. The molecule has 0 aromatic rings. The fourth-order valence-electron chi connectivity index (χ4n) is 0.890. The Morgan fingerprint density at radius 3 is 2.15 bits per heavy atom. The van der Waals surface area contributed by atoms with Gasteiger partial charge in [-0.25, -0.2) is 0 Å². The van der Waals surface area contributed by atoms with Crippen molar-refractivity contribution in [1.29, 1.82) is 0 Å². The van der Waals surface area contributed by atoms with Gasteiger partial charge in [0.15, 0.2) is 5.11 Å². The Morgan fingerprint density at radius 1 is 1.38 bits per heavy atom. The van der Waals surface area contributed by atoms with E-state index in [9.17, 15) is 0 Å². The minimum Gasteiger partial charge on any atom is -0.360 e. The number of thiocarbonyl (C=S) groups is 1. The smallest absolute Gasteiger partial charge is 0.169 e. The molecule has 0 bridgehead atoms. The number of nitrogens with zero attached hydrogens (tertiary/aromatic N) is 1. The monoisotopic (exact) mass is 198 g/mol. The van der Waals surface area contributed by atoms with Crippen LogP contribution in [0.4, 0.5) is 0 Å². The van der Waals surface area contributed by atoms with Crippen LogP contribution in [0.5, 0.6) is 0 Å². The van der Waals surface area contributed by atoms with E-state index >= 15 is 0 Å². The van der Waals surface area contributed by atoms with Crippen LogP contribution in [0.3, 0.4) is 0 Å². The molecule has 2 nitrogen and oxygen atoms in total. The Bertz CT molecular complexity index is 177. The van der Waals surface area contributed by atoms with Crippen LogP contribution in [0.15, 0.2) is 25.3 Å². The first-order valence-corrected chi connectivity index (χ1v) is 4.79. The molecule has 0 aliphatic heterocycles. The van der Waals surface area contributed by atoms with Gasteiger partial charge in [0, 0.05) is 19.1 Å². The molecule has 3 heteroatoms. The molecule has 0 aliphatic rings. The maximum Gasteiger partial charge on any atom is 0.169 e. The van der Waals surface area contributed by atoms with E-state index < -0.39 is 0 Å². The number of hydrogen-bond donors (Lipinski definition) is 1. The van der Waals surface area contributed by atoms with Gasteiger partial charge in [0.1, 0.15) is 0 Å². The van der Waals surface area contributed by atoms with Crippen LogP contribution in [-0.4, -0.2) is 29.1 Å². The molecule has 74 valence electrons. The second-order valence-corrected chi connectivity index (χ2v) is 3.47. The van der Waals surface area contributed by atoms with E-state index in [0.717, 1.165) is 18.2 Å². The molecule has 0 spiro atoms. The maximum atomic E-state index is 5.20. The SMILES string of the molecule is C=CCN(CC=C)C(=S)NC(C)C. The van der Waals surface area contributed by atoms with Crippen LogP contribution >= 0.6 is 12.2 Å². The summed E-state index contributed by atoms with van der Waals surface area (Å²) >= 11 is 5.20. The molecule has 0 saturated carbocycles. The van der Waals surface area contributed by atoms with Crippen LogP contribution in [0.2, 0.25) is 0 Å². The van der Waals surface area contributed by atoms with Gasteiger partial charge in [-0.15, -0.1) is 13.2 Å². The van der Waals surface area contributed by atoms with Crippen LogP contribution in [0.1, 0.15) is 13.8 Å². The zero-order valence-electron chi connectivity index (χ0n) is 8.42. The van der Waals surface area contributed by atoms with Gasteiger partial charge in [0.2, 0.25) is 0 Å². The highest BCUT2D eigenvalue weighted by Crippen LogP contribution is 1.92. The molecular formula is C10H18N2S. The van der Waals surface area contributed by atoms with E-state index in [1.165, 1.54) is 0 Å². The highest BCUT2D eigenvalue weighted by atomic mass is 32.1. The Labute approximate surface area is 86.3 Å². The lowest BCUT2D eigenvalue weighted by Gasteiger charge is -2.24. The van der Waals surface area contributed by atoms with Crippen molar-refractivity contribution in [2.24, 2.45) is 0 Å². The number of nitrogens with one attached hydrogen (secondary N) is 1. The zero-order chi connectivity index (χ0) is 10.3. The van der Waals surface area contributed by atoms with Crippen LogP contribution in [0, 0.1) is 0 Å². The normalized spacial score (nSPS) is 9.46. The van der Waals surface area contributed by atoms with E-state index in [4.69, 9.17) is 12.2 Å². The predicted octanol–water partition coefficient (Wildman–Crippen LogP) is 1.94. The van der Waals surface area contributed by atoms with Gasteiger partial charge in [-0.05, 0) is 26.1 Å². The van der Waals surface area contributed by atoms with Crippen molar-refractivity contribution in [1.82, 2.24) is 10.2 Å². The third-order valence-electron chi connectivity index (χ3n) is 1.40. The average molecular weight is 198 g/mol. The Hall–Kier alpha value is -0.830. The van der Waals surface area contributed by atoms with Crippen LogP contribution in [0.25, 0.3) is 0 Å². The van der Waals surface area contributed by atoms with Gasteiger partial charge in [-0.2, -0.15) is 0 Å². The van der Waals surface area contributed by atoms with Crippen molar-refractivity contribution in [2.45, 2.75) is 19.9 Å². The van der Waals surface area contributed by atoms with Crippen molar-refractivity contribution in [3.05, 3.63) is 25.3 Å². The van der Waals surface area contributed by atoms with E-state index in [1.54, 1.807) is 0 Å². The fourth-order valence-corrected chi connectivity index (χ4v) is 1.28. The molecule has 13 heavy (non-hydrogen) atoms. The van der Waals surface area contributed by atoms with Crippen LogP contribution in [-0.2, 0) is 0 Å². The first-order chi connectivity index (χ1) is 6.11. The molecule has 0 radical (unpaired) electrons. The van der Waals surface area contributed by atoms with Crippen molar-refractivity contribution in [2.75, 3.05) is 13.1 Å². The molecule has 0 unspecified atom stereocenters. The predicted molar refractivity (Wildman–Crippen MR) is 62.8 cm³/mol. The molecular weight excluding hydrogens is 180 g/mol. The third-order valence-corrected chi connectivity index (χ3v) is 1.77. The summed E-state index contributed by atoms with van der Waals surface area (Å²) in [6, 6.07) is 0.365. The summed E-state index contributed by atoms with van der Waals surface area (Å²) in [4.78, 5) is 2.01. The summed E-state index contributed by atoms with van der Waals surface area (Å²) in [5.41, 5.74) is 0.